The van der Waals surface area contributed by atoms with Gasteiger partial charge in [0.25, 0.3) is 0 Å². The summed E-state index contributed by atoms with van der Waals surface area (Å²) in [7, 11) is -1.15. The van der Waals surface area contributed by atoms with Crippen LogP contribution < -0.4 is 4.90 Å². The minimum absolute atomic E-state index is 0.0452. The largest absolute Gasteiger partial charge is 0.356 e. The third-order valence-electron chi connectivity index (χ3n) is 4.50. The maximum Gasteiger partial charge on any atom is 0.150 e. The Kier molecular flexibility index (Phi) is 4.52. The Morgan fingerprint density at radius 1 is 1.39 bits per heavy atom. The average molecular weight is 340 g/mol. The van der Waals surface area contributed by atoms with Crippen LogP contribution in [0.1, 0.15) is 19.3 Å². The van der Waals surface area contributed by atoms with Crippen molar-refractivity contribution >= 4 is 26.7 Å². The molecule has 0 radical (unpaired) electrons. The second kappa shape index (κ2) is 6.43. The lowest BCUT2D eigenvalue weighted by Gasteiger charge is -2.41. The van der Waals surface area contributed by atoms with Crippen LogP contribution in [-0.4, -0.2) is 54.6 Å². The van der Waals surface area contributed by atoms with Crippen molar-refractivity contribution in [1.29, 1.82) is 0 Å². The molecule has 126 valence electrons. The molecule has 8 heteroatoms. The molecule has 23 heavy (non-hydrogen) atoms. The van der Waals surface area contributed by atoms with E-state index in [0.29, 0.717) is 0 Å². The monoisotopic (exact) mass is 340 g/mol. The van der Waals surface area contributed by atoms with E-state index >= 15 is 0 Å². The zero-order chi connectivity index (χ0) is 16.4. The lowest BCUT2D eigenvalue weighted by molar-refractivity contribution is 0.282. The van der Waals surface area contributed by atoms with Crippen molar-refractivity contribution < 1.29 is 12.8 Å². The molecule has 1 fully saturated rings. The van der Waals surface area contributed by atoms with Crippen LogP contribution in [-0.2, 0) is 9.84 Å². The van der Waals surface area contributed by atoms with E-state index in [0.717, 1.165) is 29.7 Å². The van der Waals surface area contributed by atoms with E-state index in [-0.39, 0.29) is 29.9 Å². The van der Waals surface area contributed by atoms with Gasteiger partial charge in [-0.05, 0) is 31.2 Å². The van der Waals surface area contributed by atoms with Crippen LogP contribution in [0.15, 0.2) is 18.6 Å². The first kappa shape index (κ1) is 16.2. The summed E-state index contributed by atoms with van der Waals surface area (Å²) in [5.74, 6) is 1.15. The first-order valence-corrected chi connectivity index (χ1v) is 9.59. The zero-order valence-corrected chi connectivity index (χ0v) is 13.9. The molecule has 1 aliphatic carbocycles. The summed E-state index contributed by atoms with van der Waals surface area (Å²) in [5.41, 5.74) is 0.798. The fraction of sp³-hybridized carbons (Fsp3) is 0.600. The van der Waals surface area contributed by atoms with E-state index in [9.17, 15) is 12.8 Å². The predicted octanol–water partition coefficient (Wildman–Crippen LogP) is 1.95. The highest BCUT2D eigenvalue weighted by Gasteiger charge is 2.35. The Bertz CT molecular complexity index is 771. The van der Waals surface area contributed by atoms with Crippen molar-refractivity contribution in [2.24, 2.45) is 5.92 Å². The van der Waals surface area contributed by atoms with Gasteiger partial charge in [0, 0.05) is 19.3 Å². The van der Waals surface area contributed by atoms with Crippen LogP contribution in [0.25, 0.3) is 11.0 Å². The maximum atomic E-state index is 12.1. The van der Waals surface area contributed by atoms with Crippen molar-refractivity contribution in [3.05, 3.63) is 18.6 Å². The molecule has 0 unspecified atom stereocenters. The van der Waals surface area contributed by atoms with E-state index in [4.69, 9.17) is 0 Å². The van der Waals surface area contributed by atoms with Crippen molar-refractivity contribution in [3.8, 4) is 0 Å². The van der Waals surface area contributed by atoms with Crippen molar-refractivity contribution in [3.63, 3.8) is 0 Å². The van der Waals surface area contributed by atoms with Gasteiger partial charge in [-0.2, -0.15) is 0 Å². The highest BCUT2D eigenvalue weighted by molar-refractivity contribution is 7.91. The van der Waals surface area contributed by atoms with E-state index < -0.39 is 16.5 Å². The number of rotatable bonds is 7. The second-order valence-electron chi connectivity index (χ2n) is 6.20. The summed E-state index contributed by atoms with van der Waals surface area (Å²) in [6, 6.07) is 2.23. The number of fused-ring (bicyclic) bond motifs is 1. The standard InChI is InChI=1S/C15H21FN4O2S/c1-20(15-13-3-5-17-14(13)18-10-19-15)12-7-11(8-12)9-23(21,22)6-2-4-16/h3,5,10-12H,2,4,6-9H2,1H3,(H,17,18,19). The smallest absolute Gasteiger partial charge is 0.150 e. The van der Waals surface area contributed by atoms with Gasteiger partial charge in [0.15, 0.2) is 9.84 Å². The number of H-pyrrole nitrogens is 1. The molecule has 0 spiro atoms. The first-order valence-electron chi connectivity index (χ1n) is 7.77. The maximum absolute atomic E-state index is 12.1. The van der Waals surface area contributed by atoms with Gasteiger partial charge in [0.05, 0.1) is 23.6 Å². The van der Waals surface area contributed by atoms with Gasteiger partial charge >= 0.3 is 0 Å². The summed E-state index contributed by atoms with van der Waals surface area (Å²) in [4.78, 5) is 13.7. The van der Waals surface area contributed by atoms with Crippen molar-refractivity contribution in [2.75, 3.05) is 30.1 Å². The highest BCUT2D eigenvalue weighted by Crippen LogP contribution is 2.35. The number of aromatic nitrogens is 3. The normalized spacial score (nSPS) is 21.3. The van der Waals surface area contributed by atoms with Crippen LogP contribution >= 0.6 is 0 Å². The number of alkyl halides is 1. The molecule has 0 atom stereocenters. The minimum atomic E-state index is -3.13. The van der Waals surface area contributed by atoms with Crippen LogP contribution in [0.5, 0.6) is 0 Å². The molecular formula is C15H21FN4O2S. The van der Waals surface area contributed by atoms with Crippen molar-refractivity contribution in [1.82, 2.24) is 15.0 Å². The Labute approximate surface area is 135 Å². The molecule has 6 nitrogen and oxygen atoms in total. The molecule has 0 saturated heterocycles. The van der Waals surface area contributed by atoms with Gasteiger partial charge in [-0.3, -0.25) is 4.39 Å². The molecule has 0 bridgehead atoms. The summed E-state index contributed by atoms with van der Waals surface area (Å²) < 4.78 is 35.9. The zero-order valence-electron chi connectivity index (χ0n) is 13.1. The fourth-order valence-corrected chi connectivity index (χ4v) is 4.89. The molecule has 0 amide bonds. The Hall–Kier alpha value is -1.70. The summed E-state index contributed by atoms with van der Waals surface area (Å²) in [6.45, 7) is -0.574. The summed E-state index contributed by atoms with van der Waals surface area (Å²) in [6.07, 6.45) is 5.10. The number of halogens is 1. The van der Waals surface area contributed by atoms with Crippen LogP contribution in [0.3, 0.4) is 0 Å². The number of sulfone groups is 1. The summed E-state index contributed by atoms with van der Waals surface area (Å²) >= 11 is 0. The fourth-order valence-electron chi connectivity index (χ4n) is 3.18. The molecule has 1 aliphatic rings. The van der Waals surface area contributed by atoms with E-state index in [1.54, 1.807) is 0 Å². The third-order valence-corrected chi connectivity index (χ3v) is 6.39. The first-order chi connectivity index (χ1) is 11.0. The quantitative estimate of drug-likeness (QED) is 0.833. The third kappa shape index (κ3) is 3.46. The highest BCUT2D eigenvalue weighted by atomic mass is 32.2. The van der Waals surface area contributed by atoms with Crippen molar-refractivity contribution in [2.45, 2.75) is 25.3 Å². The van der Waals surface area contributed by atoms with Gasteiger partial charge < -0.3 is 9.88 Å². The lowest BCUT2D eigenvalue weighted by atomic mass is 9.81. The molecule has 3 rings (SSSR count). The Morgan fingerprint density at radius 2 is 2.17 bits per heavy atom. The molecule has 2 aromatic heterocycles. The predicted molar refractivity (Wildman–Crippen MR) is 88.0 cm³/mol. The SMILES string of the molecule is CN(c1ncnc2[nH]ccc12)C1CC(CS(=O)(=O)CCCF)C1. The second-order valence-corrected chi connectivity index (χ2v) is 8.43. The number of hydrogen-bond acceptors (Lipinski definition) is 5. The molecule has 2 heterocycles. The minimum Gasteiger partial charge on any atom is -0.356 e. The number of nitrogens with one attached hydrogen (secondary N) is 1. The molecular weight excluding hydrogens is 319 g/mol. The number of anilines is 1. The number of aromatic amines is 1. The van der Waals surface area contributed by atoms with Gasteiger partial charge in [0.1, 0.15) is 17.8 Å². The van der Waals surface area contributed by atoms with Crippen LogP contribution in [0, 0.1) is 5.92 Å². The molecule has 0 aromatic carbocycles. The lowest BCUT2D eigenvalue weighted by Crippen LogP contribution is -2.45. The van der Waals surface area contributed by atoms with E-state index in [1.165, 1.54) is 6.33 Å². The van der Waals surface area contributed by atoms with Gasteiger partial charge in [-0.1, -0.05) is 0 Å². The average Bonchev–Trinajstić information content (AvgIpc) is 2.96. The van der Waals surface area contributed by atoms with Gasteiger partial charge in [-0.25, -0.2) is 18.4 Å². The number of nitrogens with zero attached hydrogens (tertiary/aromatic N) is 3. The Balaban J connectivity index is 1.60. The van der Waals surface area contributed by atoms with E-state index in [2.05, 4.69) is 19.9 Å². The summed E-state index contributed by atoms with van der Waals surface area (Å²) in [5, 5.41) is 0.967. The Morgan fingerprint density at radius 3 is 2.91 bits per heavy atom. The molecule has 1 N–H and O–H groups in total. The number of hydrogen-bond donors (Lipinski definition) is 1. The van der Waals surface area contributed by atoms with Gasteiger partial charge in [-0.15, -0.1) is 0 Å². The molecule has 0 aliphatic heterocycles. The molecule has 2 aromatic rings. The van der Waals surface area contributed by atoms with Crippen LogP contribution in [0.2, 0.25) is 0 Å². The van der Waals surface area contributed by atoms with Crippen LogP contribution in [0.4, 0.5) is 10.2 Å². The van der Waals surface area contributed by atoms with E-state index in [1.807, 2.05) is 19.3 Å². The topological polar surface area (TPSA) is 79.0 Å². The molecule has 1 saturated carbocycles. The van der Waals surface area contributed by atoms with Gasteiger partial charge in [0.2, 0.25) is 0 Å².